The van der Waals surface area contributed by atoms with E-state index in [-0.39, 0.29) is 6.04 Å². The average Bonchev–Trinajstić information content (AvgIpc) is 2.44. The Balaban J connectivity index is 1.92. The standard InChI is InChI=1S/C17H27NO2/c1-13-6-5-9-17(19,11-13)12-18-14(2)15-7-4-8-16(10-15)20-3/h4,7-8,10,13-14,18-19H,5-6,9,11-12H2,1-3H3. The van der Waals surface area contributed by atoms with Crippen molar-refractivity contribution in [1.29, 1.82) is 0 Å². The molecule has 0 amide bonds. The van der Waals surface area contributed by atoms with Crippen molar-refractivity contribution >= 4 is 0 Å². The highest BCUT2D eigenvalue weighted by atomic mass is 16.5. The lowest BCUT2D eigenvalue weighted by Crippen LogP contribution is -2.44. The normalized spacial score (nSPS) is 28.1. The molecule has 3 unspecified atom stereocenters. The Hall–Kier alpha value is -1.06. The van der Waals surface area contributed by atoms with Crippen LogP contribution in [0.25, 0.3) is 0 Å². The van der Waals surface area contributed by atoms with Crippen molar-refractivity contribution in [3.63, 3.8) is 0 Å². The van der Waals surface area contributed by atoms with Gasteiger partial charge in [0, 0.05) is 12.6 Å². The van der Waals surface area contributed by atoms with Gasteiger partial charge in [-0.15, -0.1) is 0 Å². The van der Waals surface area contributed by atoms with Crippen molar-refractivity contribution in [1.82, 2.24) is 5.32 Å². The van der Waals surface area contributed by atoms with Gasteiger partial charge in [0.25, 0.3) is 0 Å². The highest BCUT2D eigenvalue weighted by Crippen LogP contribution is 2.32. The van der Waals surface area contributed by atoms with Crippen LogP contribution in [-0.2, 0) is 0 Å². The van der Waals surface area contributed by atoms with Crippen molar-refractivity contribution in [2.24, 2.45) is 5.92 Å². The number of hydrogen-bond donors (Lipinski definition) is 2. The fraction of sp³-hybridized carbons (Fsp3) is 0.647. The second kappa shape index (κ2) is 6.59. The molecule has 0 bridgehead atoms. The quantitative estimate of drug-likeness (QED) is 0.868. The minimum atomic E-state index is -0.537. The largest absolute Gasteiger partial charge is 0.497 e. The van der Waals surface area contributed by atoms with E-state index < -0.39 is 5.60 Å². The van der Waals surface area contributed by atoms with Crippen molar-refractivity contribution in [2.45, 2.75) is 51.2 Å². The van der Waals surface area contributed by atoms with Crippen LogP contribution in [0.2, 0.25) is 0 Å². The van der Waals surface area contributed by atoms with E-state index in [2.05, 4.69) is 25.2 Å². The first kappa shape index (κ1) is 15.3. The minimum absolute atomic E-state index is 0.214. The Kier molecular flexibility index (Phi) is 5.06. The monoisotopic (exact) mass is 277 g/mol. The first-order chi connectivity index (χ1) is 9.52. The van der Waals surface area contributed by atoms with Gasteiger partial charge in [-0.05, 0) is 43.4 Å². The molecule has 0 saturated heterocycles. The number of hydrogen-bond acceptors (Lipinski definition) is 3. The SMILES string of the molecule is COc1cccc(C(C)NCC2(O)CCCC(C)C2)c1. The molecular formula is C17H27NO2. The maximum Gasteiger partial charge on any atom is 0.119 e. The molecule has 0 spiro atoms. The summed E-state index contributed by atoms with van der Waals surface area (Å²) in [7, 11) is 1.68. The first-order valence-electron chi connectivity index (χ1n) is 7.62. The van der Waals surface area contributed by atoms with Crippen LogP contribution in [0, 0.1) is 5.92 Å². The van der Waals surface area contributed by atoms with Crippen molar-refractivity contribution in [2.75, 3.05) is 13.7 Å². The zero-order chi connectivity index (χ0) is 14.6. The topological polar surface area (TPSA) is 41.5 Å². The van der Waals surface area contributed by atoms with Gasteiger partial charge in [0.2, 0.25) is 0 Å². The van der Waals surface area contributed by atoms with E-state index in [0.29, 0.717) is 12.5 Å². The number of methoxy groups -OCH3 is 1. The second-order valence-electron chi connectivity index (χ2n) is 6.31. The number of aliphatic hydroxyl groups is 1. The van der Waals surface area contributed by atoms with E-state index in [1.165, 1.54) is 12.0 Å². The summed E-state index contributed by atoms with van der Waals surface area (Å²) >= 11 is 0. The van der Waals surface area contributed by atoms with Crippen LogP contribution in [0.15, 0.2) is 24.3 Å². The lowest BCUT2D eigenvalue weighted by Gasteiger charge is -2.36. The maximum absolute atomic E-state index is 10.7. The fourth-order valence-corrected chi connectivity index (χ4v) is 3.16. The molecule has 1 aliphatic rings. The molecule has 0 aliphatic heterocycles. The van der Waals surface area contributed by atoms with Crippen molar-refractivity contribution < 1.29 is 9.84 Å². The highest BCUT2D eigenvalue weighted by Gasteiger charge is 2.32. The van der Waals surface area contributed by atoms with Crippen molar-refractivity contribution in [3.05, 3.63) is 29.8 Å². The Bertz CT molecular complexity index is 435. The molecule has 20 heavy (non-hydrogen) atoms. The first-order valence-corrected chi connectivity index (χ1v) is 7.62. The smallest absolute Gasteiger partial charge is 0.119 e. The molecule has 3 atom stereocenters. The molecule has 2 rings (SSSR count). The van der Waals surface area contributed by atoms with E-state index in [1.54, 1.807) is 7.11 Å². The summed E-state index contributed by atoms with van der Waals surface area (Å²) in [4.78, 5) is 0. The predicted molar refractivity (Wildman–Crippen MR) is 82.0 cm³/mol. The summed E-state index contributed by atoms with van der Waals surface area (Å²) in [5, 5.41) is 14.1. The summed E-state index contributed by atoms with van der Waals surface area (Å²) in [5.41, 5.74) is 0.655. The molecule has 1 aliphatic carbocycles. The van der Waals surface area contributed by atoms with Gasteiger partial charge in [0.05, 0.1) is 12.7 Å². The predicted octanol–water partition coefficient (Wildman–Crippen LogP) is 3.29. The molecule has 1 aromatic rings. The third kappa shape index (κ3) is 3.97. The fourth-order valence-electron chi connectivity index (χ4n) is 3.16. The highest BCUT2D eigenvalue weighted by molar-refractivity contribution is 5.30. The summed E-state index contributed by atoms with van der Waals surface area (Å²) < 4.78 is 5.26. The Morgan fingerprint density at radius 2 is 2.30 bits per heavy atom. The number of nitrogens with one attached hydrogen (secondary N) is 1. The average molecular weight is 277 g/mol. The van der Waals surface area contributed by atoms with E-state index in [0.717, 1.165) is 25.0 Å². The molecule has 1 aromatic carbocycles. The second-order valence-corrected chi connectivity index (χ2v) is 6.31. The van der Waals surface area contributed by atoms with Gasteiger partial charge in [-0.1, -0.05) is 31.9 Å². The number of benzene rings is 1. The Labute approximate surface area is 122 Å². The molecule has 1 saturated carbocycles. The van der Waals surface area contributed by atoms with E-state index in [4.69, 9.17) is 4.74 Å². The van der Waals surface area contributed by atoms with Gasteiger partial charge < -0.3 is 15.2 Å². The van der Waals surface area contributed by atoms with Crippen LogP contribution in [0.3, 0.4) is 0 Å². The molecule has 0 heterocycles. The van der Waals surface area contributed by atoms with Crippen LogP contribution in [0.5, 0.6) is 5.75 Å². The van der Waals surface area contributed by atoms with Gasteiger partial charge >= 0.3 is 0 Å². The number of ether oxygens (including phenoxy) is 1. The summed E-state index contributed by atoms with van der Waals surface area (Å²) in [5.74, 6) is 1.50. The van der Waals surface area contributed by atoms with E-state index >= 15 is 0 Å². The van der Waals surface area contributed by atoms with Crippen LogP contribution in [-0.4, -0.2) is 24.4 Å². The summed E-state index contributed by atoms with van der Waals surface area (Å²) in [6.45, 7) is 5.02. The van der Waals surface area contributed by atoms with Crippen LogP contribution in [0.1, 0.15) is 51.1 Å². The maximum atomic E-state index is 10.7. The zero-order valence-corrected chi connectivity index (χ0v) is 12.9. The molecule has 0 radical (unpaired) electrons. The third-order valence-corrected chi connectivity index (χ3v) is 4.40. The van der Waals surface area contributed by atoms with Gasteiger partial charge in [0.15, 0.2) is 0 Å². The molecule has 2 N–H and O–H groups in total. The number of rotatable bonds is 5. The lowest BCUT2D eigenvalue weighted by molar-refractivity contribution is -0.0134. The van der Waals surface area contributed by atoms with Crippen molar-refractivity contribution in [3.8, 4) is 5.75 Å². The van der Waals surface area contributed by atoms with E-state index in [1.807, 2.05) is 18.2 Å². The molecular weight excluding hydrogens is 250 g/mol. The Morgan fingerprint density at radius 3 is 3.00 bits per heavy atom. The van der Waals surface area contributed by atoms with Gasteiger partial charge in [-0.25, -0.2) is 0 Å². The van der Waals surface area contributed by atoms with Gasteiger partial charge in [0.1, 0.15) is 5.75 Å². The molecule has 112 valence electrons. The molecule has 1 fully saturated rings. The minimum Gasteiger partial charge on any atom is -0.497 e. The summed E-state index contributed by atoms with van der Waals surface area (Å²) in [6.07, 6.45) is 4.20. The van der Waals surface area contributed by atoms with Gasteiger partial charge in [-0.3, -0.25) is 0 Å². The van der Waals surface area contributed by atoms with Gasteiger partial charge in [-0.2, -0.15) is 0 Å². The molecule has 3 nitrogen and oxygen atoms in total. The third-order valence-electron chi connectivity index (χ3n) is 4.40. The molecule has 0 aromatic heterocycles. The summed E-state index contributed by atoms with van der Waals surface area (Å²) in [6, 6.07) is 8.31. The van der Waals surface area contributed by atoms with E-state index in [9.17, 15) is 5.11 Å². The lowest BCUT2D eigenvalue weighted by atomic mass is 9.79. The van der Waals surface area contributed by atoms with Crippen LogP contribution in [0.4, 0.5) is 0 Å². The zero-order valence-electron chi connectivity index (χ0n) is 12.9. The molecule has 3 heteroatoms. The van der Waals surface area contributed by atoms with Crippen LogP contribution >= 0.6 is 0 Å². The van der Waals surface area contributed by atoms with Crippen LogP contribution < -0.4 is 10.1 Å². The Morgan fingerprint density at radius 1 is 1.50 bits per heavy atom.